The lowest BCUT2D eigenvalue weighted by Gasteiger charge is -2.38. The Morgan fingerprint density at radius 1 is 1.37 bits per heavy atom. The molecule has 1 aromatic rings. The van der Waals surface area contributed by atoms with E-state index in [1.807, 2.05) is 12.1 Å². The molecule has 1 saturated carbocycles. The average Bonchev–Trinajstić information content (AvgIpc) is 3.23. The predicted octanol–water partition coefficient (Wildman–Crippen LogP) is 2.64. The molecule has 19 heavy (non-hydrogen) atoms. The third kappa shape index (κ3) is 3.48. The molecule has 106 valence electrons. The van der Waals surface area contributed by atoms with Crippen LogP contribution in [0.15, 0.2) is 24.3 Å². The first kappa shape index (κ1) is 14.4. The maximum atomic E-state index is 6.04. The van der Waals surface area contributed by atoms with E-state index in [1.54, 1.807) is 7.11 Å². The van der Waals surface area contributed by atoms with Gasteiger partial charge in [-0.15, -0.1) is 0 Å². The van der Waals surface area contributed by atoms with Crippen LogP contribution in [0.2, 0.25) is 0 Å². The number of rotatable bonds is 7. The van der Waals surface area contributed by atoms with Crippen LogP contribution >= 0.6 is 0 Å². The minimum Gasteiger partial charge on any atom is -0.496 e. The standard InChI is InChI=1S/C16H26N2O/c1-16(12-17,10-13-8-9-13)18(2)11-14-6-4-5-7-15(14)19-3/h4-7,13H,8-12,17H2,1-3H3. The highest BCUT2D eigenvalue weighted by molar-refractivity contribution is 5.33. The second kappa shape index (κ2) is 5.93. The first-order valence-corrected chi connectivity index (χ1v) is 7.12. The largest absolute Gasteiger partial charge is 0.496 e. The first-order chi connectivity index (χ1) is 9.09. The van der Waals surface area contributed by atoms with Crippen LogP contribution in [0.4, 0.5) is 0 Å². The summed E-state index contributed by atoms with van der Waals surface area (Å²) in [5, 5.41) is 0. The number of methoxy groups -OCH3 is 1. The van der Waals surface area contributed by atoms with Crippen LogP contribution in [0, 0.1) is 5.92 Å². The van der Waals surface area contributed by atoms with Crippen molar-refractivity contribution in [2.75, 3.05) is 20.7 Å². The molecule has 1 aromatic carbocycles. The summed E-state index contributed by atoms with van der Waals surface area (Å²) < 4.78 is 5.43. The van der Waals surface area contributed by atoms with Gasteiger partial charge < -0.3 is 10.5 Å². The molecule has 0 amide bonds. The molecule has 1 aliphatic rings. The Hall–Kier alpha value is -1.06. The van der Waals surface area contributed by atoms with Crippen LogP contribution in [0.1, 0.15) is 31.7 Å². The van der Waals surface area contributed by atoms with Crippen LogP contribution in [0.5, 0.6) is 5.75 Å². The van der Waals surface area contributed by atoms with E-state index in [9.17, 15) is 0 Å². The van der Waals surface area contributed by atoms with Gasteiger partial charge in [0.15, 0.2) is 0 Å². The molecule has 0 saturated heterocycles. The number of para-hydroxylation sites is 1. The van der Waals surface area contributed by atoms with E-state index >= 15 is 0 Å². The topological polar surface area (TPSA) is 38.5 Å². The van der Waals surface area contributed by atoms with Crippen molar-refractivity contribution in [2.24, 2.45) is 11.7 Å². The summed E-state index contributed by atoms with van der Waals surface area (Å²) in [5.74, 6) is 1.84. The van der Waals surface area contributed by atoms with Gasteiger partial charge in [-0.25, -0.2) is 0 Å². The van der Waals surface area contributed by atoms with Gasteiger partial charge in [-0.3, -0.25) is 4.90 Å². The molecule has 1 atom stereocenters. The van der Waals surface area contributed by atoms with Crippen LogP contribution in [0.3, 0.4) is 0 Å². The maximum absolute atomic E-state index is 6.04. The zero-order chi connectivity index (χ0) is 13.9. The third-order valence-electron chi connectivity index (χ3n) is 4.39. The van der Waals surface area contributed by atoms with Crippen molar-refractivity contribution < 1.29 is 4.74 Å². The second-order valence-electron chi connectivity index (χ2n) is 6.02. The quantitative estimate of drug-likeness (QED) is 0.821. The highest BCUT2D eigenvalue weighted by atomic mass is 16.5. The van der Waals surface area contributed by atoms with E-state index in [-0.39, 0.29) is 5.54 Å². The second-order valence-corrected chi connectivity index (χ2v) is 6.02. The Morgan fingerprint density at radius 2 is 2.05 bits per heavy atom. The monoisotopic (exact) mass is 262 g/mol. The van der Waals surface area contributed by atoms with E-state index in [4.69, 9.17) is 10.5 Å². The molecule has 0 aromatic heterocycles. The van der Waals surface area contributed by atoms with Crippen molar-refractivity contribution >= 4 is 0 Å². The number of ether oxygens (including phenoxy) is 1. The normalized spacial score (nSPS) is 18.4. The molecule has 3 heteroatoms. The molecule has 0 heterocycles. The molecule has 1 unspecified atom stereocenters. The van der Waals surface area contributed by atoms with Gasteiger partial charge in [0, 0.05) is 24.2 Å². The lowest BCUT2D eigenvalue weighted by atomic mass is 9.92. The number of hydrogen-bond donors (Lipinski definition) is 1. The van der Waals surface area contributed by atoms with E-state index in [0.29, 0.717) is 6.54 Å². The summed E-state index contributed by atoms with van der Waals surface area (Å²) in [6.07, 6.45) is 3.95. The van der Waals surface area contributed by atoms with Gasteiger partial charge in [0.25, 0.3) is 0 Å². The van der Waals surface area contributed by atoms with Gasteiger partial charge >= 0.3 is 0 Å². The van der Waals surface area contributed by atoms with E-state index in [2.05, 4.69) is 31.0 Å². The Kier molecular flexibility index (Phi) is 4.48. The highest BCUT2D eigenvalue weighted by Crippen LogP contribution is 2.38. The summed E-state index contributed by atoms with van der Waals surface area (Å²) in [4.78, 5) is 2.38. The zero-order valence-corrected chi connectivity index (χ0v) is 12.4. The van der Waals surface area contributed by atoms with Gasteiger partial charge in [0.1, 0.15) is 5.75 Å². The highest BCUT2D eigenvalue weighted by Gasteiger charge is 2.35. The Bertz CT molecular complexity index is 417. The van der Waals surface area contributed by atoms with Gasteiger partial charge in [0.05, 0.1) is 7.11 Å². The molecular formula is C16H26N2O. The van der Waals surface area contributed by atoms with Crippen molar-refractivity contribution in [1.82, 2.24) is 4.90 Å². The number of nitrogens with zero attached hydrogens (tertiary/aromatic N) is 1. The average molecular weight is 262 g/mol. The third-order valence-corrected chi connectivity index (χ3v) is 4.39. The van der Waals surface area contributed by atoms with Crippen LogP contribution in [-0.2, 0) is 6.54 Å². The number of nitrogens with two attached hydrogens (primary N) is 1. The Balaban J connectivity index is 2.07. The molecular weight excluding hydrogens is 236 g/mol. The maximum Gasteiger partial charge on any atom is 0.123 e. The van der Waals surface area contributed by atoms with Crippen molar-refractivity contribution in [1.29, 1.82) is 0 Å². The number of benzene rings is 1. The van der Waals surface area contributed by atoms with E-state index in [1.165, 1.54) is 24.8 Å². The fraction of sp³-hybridized carbons (Fsp3) is 0.625. The predicted molar refractivity (Wildman–Crippen MR) is 79.3 cm³/mol. The molecule has 0 bridgehead atoms. The van der Waals surface area contributed by atoms with Gasteiger partial charge in [0.2, 0.25) is 0 Å². The number of hydrogen-bond acceptors (Lipinski definition) is 3. The van der Waals surface area contributed by atoms with Gasteiger partial charge in [-0.1, -0.05) is 31.0 Å². The van der Waals surface area contributed by atoms with Gasteiger partial charge in [-0.05, 0) is 32.4 Å². The molecule has 1 fully saturated rings. The van der Waals surface area contributed by atoms with Crippen molar-refractivity contribution in [3.05, 3.63) is 29.8 Å². The molecule has 0 radical (unpaired) electrons. The van der Waals surface area contributed by atoms with Crippen LogP contribution < -0.4 is 10.5 Å². The smallest absolute Gasteiger partial charge is 0.123 e. The van der Waals surface area contributed by atoms with Gasteiger partial charge in [-0.2, -0.15) is 0 Å². The fourth-order valence-corrected chi connectivity index (χ4v) is 2.62. The van der Waals surface area contributed by atoms with Crippen LogP contribution in [-0.4, -0.2) is 31.1 Å². The van der Waals surface area contributed by atoms with E-state index in [0.717, 1.165) is 18.2 Å². The molecule has 0 spiro atoms. The summed E-state index contributed by atoms with van der Waals surface area (Å²) in [7, 11) is 3.90. The fourth-order valence-electron chi connectivity index (χ4n) is 2.62. The molecule has 2 rings (SSSR count). The first-order valence-electron chi connectivity index (χ1n) is 7.12. The SMILES string of the molecule is COc1ccccc1CN(C)C(C)(CN)CC1CC1. The summed E-state index contributed by atoms with van der Waals surface area (Å²) in [5.41, 5.74) is 7.35. The molecule has 3 nitrogen and oxygen atoms in total. The minimum absolute atomic E-state index is 0.0853. The lowest BCUT2D eigenvalue weighted by Crippen LogP contribution is -2.49. The summed E-state index contributed by atoms with van der Waals surface area (Å²) in [6.45, 7) is 3.86. The van der Waals surface area contributed by atoms with Crippen molar-refractivity contribution in [2.45, 2.75) is 38.3 Å². The molecule has 1 aliphatic carbocycles. The summed E-state index contributed by atoms with van der Waals surface area (Å²) in [6, 6.07) is 8.22. The summed E-state index contributed by atoms with van der Waals surface area (Å²) >= 11 is 0. The Labute approximate surface area is 116 Å². The molecule has 2 N–H and O–H groups in total. The van der Waals surface area contributed by atoms with Crippen molar-refractivity contribution in [3.8, 4) is 5.75 Å². The Morgan fingerprint density at radius 3 is 2.63 bits per heavy atom. The number of likely N-dealkylation sites (N-methyl/N-ethyl adjacent to an activating group) is 1. The molecule has 0 aliphatic heterocycles. The lowest BCUT2D eigenvalue weighted by molar-refractivity contribution is 0.118. The minimum atomic E-state index is 0.0853. The van der Waals surface area contributed by atoms with E-state index < -0.39 is 0 Å². The van der Waals surface area contributed by atoms with Crippen LogP contribution in [0.25, 0.3) is 0 Å². The van der Waals surface area contributed by atoms with Crippen molar-refractivity contribution in [3.63, 3.8) is 0 Å². The zero-order valence-electron chi connectivity index (χ0n) is 12.4.